The lowest BCUT2D eigenvalue weighted by Crippen LogP contribution is -2.42. The van der Waals surface area contributed by atoms with Crippen LogP contribution < -0.4 is 15.8 Å². The second kappa shape index (κ2) is 7.33. The van der Waals surface area contributed by atoms with Crippen LogP contribution in [0.25, 0.3) is 0 Å². The number of nitrogens with one attached hydrogen (secondary N) is 1. The number of hydrogen-bond acceptors (Lipinski definition) is 6. The highest BCUT2D eigenvalue weighted by Gasteiger charge is 2.22. The van der Waals surface area contributed by atoms with Crippen LogP contribution >= 0.6 is 0 Å². The molecule has 25 heavy (non-hydrogen) atoms. The fraction of sp³-hybridized carbons (Fsp3) is 0.412. The van der Waals surface area contributed by atoms with Crippen molar-refractivity contribution in [3.63, 3.8) is 0 Å². The Bertz CT molecular complexity index is 795. The van der Waals surface area contributed by atoms with Crippen molar-refractivity contribution in [2.45, 2.75) is 32.4 Å². The van der Waals surface area contributed by atoms with E-state index in [1.807, 2.05) is 11.8 Å². The fourth-order valence-corrected chi connectivity index (χ4v) is 3.05. The molecule has 2 heterocycles. The second-order valence-electron chi connectivity index (χ2n) is 6.05. The Labute approximate surface area is 145 Å². The van der Waals surface area contributed by atoms with E-state index in [0.717, 1.165) is 31.6 Å². The summed E-state index contributed by atoms with van der Waals surface area (Å²) in [7, 11) is 0. The van der Waals surface area contributed by atoms with E-state index in [2.05, 4.69) is 10.3 Å². The summed E-state index contributed by atoms with van der Waals surface area (Å²) in [6, 6.07) is 6.72. The molecule has 0 radical (unpaired) electrons. The van der Waals surface area contributed by atoms with Gasteiger partial charge in [-0.15, -0.1) is 0 Å². The number of aromatic nitrogens is 2. The first kappa shape index (κ1) is 16.9. The minimum atomic E-state index is -0.405. The number of non-ortho nitro benzene ring substituents is 1. The highest BCUT2D eigenvalue weighted by atomic mass is 16.6. The van der Waals surface area contributed by atoms with Crippen LogP contribution in [-0.4, -0.2) is 33.6 Å². The molecule has 1 saturated heterocycles. The number of nitro groups is 1. The fourth-order valence-electron chi connectivity index (χ4n) is 3.05. The average Bonchev–Trinajstić information content (AvgIpc) is 2.63. The molecule has 0 amide bonds. The monoisotopic (exact) mass is 343 g/mol. The van der Waals surface area contributed by atoms with Crippen LogP contribution in [-0.2, 0) is 6.54 Å². The van der Waals surface area contributed by atoms with Crippen molar-refractivity contribution in [1.29, 1.82) is 0 Å². The zero-order chi connectivity index (χ0) is 17.8. The van der Waals surface area contributed by atoms with Gasteiger partial charge in [0.2, 0.25) is 0 Å². The molecule has 2 aromatic rings. The summed E-state index contributed by atoms with van der Waals surface area (Å²) in [6.07, 6.45) is 5.12. The topological polar surface area (TPSA) is 93.3 Å². The van der Waals surface area contributed by atoms with Gasteiger partial charge in [0.15, 0.2) is 5.82 Å². The van der Waals surface area contributed by atoms with Gasteiger partial charge in [0.25, 0.3) is 11.2 Å². The van der Waals surface area contributed by atoms with Crippen molar-refractivity contribution in [2.24, 2.45) is 0 Å². The summed E-state index contributed by atoms with van der Waals surface area (Å²) < 4.78 is 1.66. The number of piperidine rings is 1. The third-order valence-corrected chi connectivity index (χ3v) is 4.48. The van der Waals surface area contributed by atoms with Crippen LogP contribution in [0.1, 0.15) is 19.8 Å². The maximum atomic E-state index is 12.3. The van der Waals surface area contributed by atoms with Gasteiger partial charge >= 0.3 is 0 Å². The Morgan fingerprint density at radius 3 is 2.56 bits per heavy atom. The van der Waals surface area contributed by atoms with Crippen LogP contribution in [0.15, 0.2) is 41.5 Å². The highest BCUT2D eigenvalue weighted by Crippen LogP contribution is 2.21. The Hall–Kier alpha value is -2.90. The van der Waals surface area contributed by atoms with Gasteiger partial charge in [-0.1, -0.05) is 0 Å². The predicted molar refractivity (Wildman–Crippen MR) is 96.1 cm³/mol. The molecule has 1 aromatic carbocycles. The lowest BCUT2D eigenvalue weighted by atomic mass is 10.0. The SMILES string of the molecule is CCn1ccnc(N2CCC(Nc3ccc([N+](=O)[O-])cc3)CC2)c1=O. The van der Waals surface area contributed by atoms with E-state index in [9.17, 15) is 14.9 Å². The standard InChI is InChI=1S/C17H21N5O3/c1-2-20-12-9-18-16(17(20)23)21-10-7-14(8-11-21)19-13-3-5-15(6-4-13)22(24)25/h3-6,9,12,14,19H,2,7-8,10-11H2,1H3. The first-order valence-corrected chi connectivity index (χ1v) is 8.40. The summed E-state index contributed by atoms with van der Waals surface area (Å²) in [5.74, 6) is 0.512. The lowest BCUT2D eigenvalue weighted by molar-refractivity contribution is -0.384. The molecule has 0 saturated carbocycles. The van der Waals surface area contributed by atoms with Crippen molar-refractivity contribution in [1.82, 2.24) is 9.55 Å². The van der Waals surface area contributed by atoms with E-state index < -0.39 is 4.92 Å². The van der Waals surface area contributed by atoms with Crippen molar-refractivity contribution in [3.05, 3.63) is 57.1 Å². The predicted octanol–water partition coefficient (Wildman–Crippen LogP) is 2.25. The van der Waals surface area contributed by atoms with Crippen molar-refractivity contribution < 1.29 is 4.92 Å². The zero-order valence-electron chi connectivity index (χ0n) is 14.1. The van der Waals surface area contributed by atoms with E-state index in [1.54, 1.807) is 29.1 Å². The van der Waals surface area contributed by atoms with Gasteiger partial charge in [-0.2, -0.15) is 0 Å². The van der Waals surface area contributed by atoms with Gasteiger partial charge in [0.05, 0.1) is 4.92 Å². The number of anilines is 2. The average molecular weight is 343 g/mol. The van der Waals surface area contributed by atoms with Crippen LogP contribution in [0.3, 0.4) is 0 Å². The van der Waals surface area contributed by atoms with Crippen LogP contribution in [0, 0.1) is 10.1 Å². The molecule has 0 unspecified atom stereocenters. The Morgan fingerprint density at radius 2 is 1.96 bits per heavy atom. The molecule has 1 fully saturated rings. The smallest absolute Gasteiger partial charge is 0.293 e. The van der Waals surface area contributed by atoms with Crippen LogP contribution in [0.2, 0.25) is 0 Å². The number of nitrogens with zero attached hydrogens (tertiary/aromatic N) is 4. The third-order valence-electron chi connectivity index (χ3n) is 4.48. The molecule has 3 rings (SSSR count). The van der Waals surface area contributed by atoms with Gasteiger partial charge in [-0.05, 0) is 31.9 Å². The molecule has 8 heteroatoms. The molecular weight excluding hydrogens is 322 g/mol. The van der Waals surface area contributed by atoms with Crippen molar-refractivity contribution in [2.75, 3.05) is 23.3 Å². The summed E-state index contributed by atoms with van der Waals surface area (Å²) in [4.78, 5) is 28.9. The zero-order valence-corrected chi connectivity index (χ0v) is 14.1. The number of rotatable bonds is 5. The minimum absolute atomic E-state index is 0.0493. The third kappa shape index (κ3) is 3.78. The molecule has 8 nitrogen and oxygen atoms in total. The first-order valence-electron chi connectivity index (χ1n) is 8.40. The van der Waals surface area contributed by atoms with Crippen LogP contribution in [0.4, 0.5) is 17.2 Å². The van der Waals surface area contributed by atoms with E-state index >= 15 is 0 Å². The van der Waals surface area contributed by atoms with E-state index in [-0.39, 0.29) is 17.3 Å². The molecule has 1 aromatic heterocycles. The molecule has 132 valence electrons. The number of benzene rings is 1. The molecule has 0 spiro atoms. The molecular formula is C17H21N5O3. The van der Waals surface area contributed by atoms with Crippen molar-refractivity contribution in [3.8, 4) is 0 Å². The normalized spacial score (nSPS) is 15.2. The molecule has 1 N–H and O–H groups in total. The first-order chi connectivity index (χ1) is 12.1. The maximum absolute atomic E-state index is 12.3. The van der Waals surface area contributed by atoms with Gasteiger partial charge in [-0.3, -0.25) is 14.9 Å². The molecule has 0 atom stereocenters. The number of nitro benzene ring substituents is 1. The maximum Gasteiger partial charge on any atom is 0.293 e. The van der Waals surface area contributed by atoms with Gasteiger partial charge in [-0.25, -0.2) is 4.98 Å². The summed E-state index contributed by atoms with van der Waals surface area (Å²) in [6.45, 7) is 4.07. The van der Waals surface area contributed by atoms with E-state index in [4.69, 9.17) is 0 Å². The highest BCUT2D eigenvalue weighted by molar-refractivity contribution is 5.49. The van der Waals surface area contributed by atoms with Gasteiger partial charge in [0, 0.05) is 55.9 Å². The Kier molecular flexibility index (Phi) is 4.97. The summed E-state index contributed by atoms with van der Waals surface area (Å²) >= 11 is 0. The lowest BCUT2D eigenvalue weighted by Gasteiger charge is -2.33. The number of hydrogen-bond donors (Lipinski definition) is 1. The summed E-state index contributed by atoms with van der Waals surface area (Å²) in [5, 5.41) is 14.1. The van der Waals surface area contributed by atoms with Gasteiger partial charge in [0.1, 0.15) is 0 Å². The summed E-state index contributed by atoms with van der Waals surface area (Å²) in [5.41, 5.74) is 0.907. The largest absolute Gasteiger partial charge is 0.382 e. The molecule has 0 bridgehead atoms. The molecule has 1 aliphatic heterocycles. The quantitative estimate of drug-likeness (QED) is 0.661. The Balaban J connectivity index is 1.60. The minimum Gasteiger partial charge on any atom is -0.382 e. The van der Waals surface area contributed by atoms with E-state index in [0.29, 0.717) is 12.4 Å². The molecule has 1 aliphatic rings. The van der Waals surface area contributed by atoms with Gasteiger partial charge < -0.3 is 14.8 Å². The number of aryl methyl sites for hydroxylation is 1. The van der Waals surface area contributed by atoms with Crippen molar-refractivity contribution >= 4 is 17.2 Å². The van der Waals surface area contributed by atoms with E-state index in [1.165, 1.54) is 12.1 Å². The Morgan fingerprint density at radius 1 is 1.28 bits per heavy atom. The second-order valence-corrected chi connectivity index (χ2v) is 6.05. The van der Waals surface area contributed by atoms with Crippen LogP contribution in [0.5, 0.6) is 0 Å². The molecule has 0 aliphatic carbocycles.